The molecule has 2 rings (SSSR count). The molecule has 0 fully saturated rings. The lowest BCUT2D eigenvalue weighted by atomic mass is 10.0. The third-order valence-electron chi connectivity index (χ3n) is 7.76. The Morgan fingerprint density at radius 3 is 1.05 bits per heavy atom. The molecule has 240 valence electrons. The second-order valence-corrected chi connectivity index (χ2v) is 12.7. The first-order valence-corrected chi connectivity index (χ1v) is 18.5. The van der Waals surface area contributed by atoms with Crippen LogP contribution in [0.1, 0.15) is 153 Å². The second kappa shape index (κ2) is 25.8. The predicted molar refractivity (Wildman–Crippen MR) is 178 cm³/mol. The van der Waals surface area contributed by atoms with Gasteiger partial charge in [0.2, 0.25) is 0 Å². The fraction of sp³-hybridized carbons (Fsp3) is 0.667. The molecule has 0 radical (unpaired) electrons. The van der Waals surface area contributed by atoms with Crippen LogP contribution in [0.25, 0.3) is 0 Å². The summed E-state index contributed by atoms with van der Waals surface area (Å²) in [5.74, 6) is 2.10. The molecule has 0 spiro atoms. The van der Waals surface area contributed by atoms with Crippen LogP contribution in [0.2, 0.25) is 0 Å². The Labute approximate surface area is 257 Å². The van der Waals surface area contributed by atoms with Crippen molar-refractivity contribution in [3.63, 3.8) is 0 Å². The maximum Gasteiger partial charge on any atom is 0.466 e. The highest BCUT2D eigenvalue weighted by molar-refractivity contribution is 7.45. The summed E-state index contributed by atoms with van der Waals surface area (Å²) in [4.78, 5) is 21.6. The van der Waals surface area contributed by atoms with Gasteiger partial charge in [0.15, 0.2) is 0 Å². The number of aryl methyl sites for hydroxylation is 2. The zero-order chi connectivity index (χ0) is 30.7. The highest BCUT2D eigenvalue weighted by Gasteiger charge is 2.08. The van der Waals surface area contributed by atoms with Crippen LogP contribution < -0.4 is 4.74 Å². The van der Waals surface area contributed by atoms with Crippen LogP contribution in [0.5, 0.6) is 11.5 Å². The van der Waals surface area contributed by atoms with Crippen molar-refractivity contribution >= 4 is 7.82 Å². The highest BCUT2D eigenvalue weighted by atomic mass is 31.2. The number of unbranched alkanes of at least 4 members (excludes halogenated alkanes) is 18. The van der Waals surface area contributed by atoms with E-state index >= 15 is 0 Å². The van der Waals surface area contributed by atoms with Crippen LogP contribution in [0.4, 0.5) is 0 Å². The van der Waals surface area contributed by atoms with Crippen LogP contribution in [-0.4, -0.2) is 14.7 Å². The van der Waals surface area contributed by atoms with Crippen molar-refractivity contribution in [3.05, 3.63) is 59.7 Å². The highest BCUT2D eigenvalue weighted by Crippen LogP contribution is 2.30. The van der Waals surface area contributed by atoms with Gasteiger partial charge in [-0.05, 0) is 48.9 Å². The summed E-state index contributed by atoms with van der Waals surface area (Å²) >= 11 is 0. The van der Waals surface area contributed by atoms with Crippen LogP contribution in [0.3, 0.4) is 0 Å². The molecule has 42 heavy (non-hydrogen) atoms. The quantitative estimate of drug-likeness (QED) is 0.0819. The molecule has 6 heteroatoms. The number of para-hydroxylation sites is 2. The maximum absolute atomic E-state index is 8.88. The summed E-state index contributed by atoms with van der Waals surface area (Å²) in [5.41, 5.74) is 2.71. The van der Waals surface area contributed by atoms with Crippen molar-refractivity contribution in [2.75, 3.05) is 0 Å². The van der Waals surface area contributed by atoms with E-state index in [2.05, 4.69) is 62.4 Å². The Bertz CT molecular complexity index is 868. The molecule has 0 heterocycles. The molecule has 0 aliphatic heterocycles. The van der Waals surface area contributed by atoms with E-state index in [9.17, 15) is 0 Å². The smallest absolute Gasteiger partial charge is 0.457 e. The van der Waals surface area contributed by atoms with Crippen molar-refractivity contribution in [2.45, 2.75) is 155 Å². The average molecular weight is 605 g/mol. The third kappa shape index (κ3) is 22.9. The Morgan fingerprint density at radius 1 is 0.476 bits per heavy atom. The lowest BCUT2D eigenvalue weighted by Crippen LogP contribution is -1.96. The molecule has 0 amide bonds. The first-order valence-electron chi connectivity index (χ1n) is 17.0. The van der Waals surface area contributed by atoms with Gasteiger partial charge in [0.25, 0.3) is 0 Å². The molecule has 0 saturated carbocycles. The second-order valence-electron chi connectivity index (χ2n) is 11.7. The van der Waals surface area contributed by atoms with Crippen LogP contribution in [-0.2, 0) is 17.4 Å². The van der Waals surface area contributed by atoms with E-state index in [4.69, 9.17) is 24.0 Å². The van der Waals surface area contributed by atoms with Gasteiger partial charge in [0.1, 0.15) is 11.5 Å². The lowest BCUT2D eigenvalue weighted by Gasteiger charge is -2.14. The minimum absolute atomic E-state index is 1.05. The Hall–Kier alpha value is -1.65. The summed E-state index contributed by atoms with van der Waals surface area (Å²) in [6.07, 6.45) is 29.9. The zero-order valence-corrected chi connectivity index (χ0v) is 27.7. The van der Waals surface area contributed by atoms with Crippen molar-refractivity contribution < 1.29 is 24.0 Å². The fourth-order valence-corrected chi connectivity index (χ4v) is 5.34. The maximum atomic E-state index is 8.88. The van der Waals surface area contributed by atoms with Gasteiger partial charge in [-0.1, -0.05) is 166 Å². The monoisotopic (exact) mass is 604 g/mol. The molecule has 0 saturated heterocycles. The van der Waals surface area contributed by atoms with Crippen molar-refractivity contribution in [1.29, 1.82) is 0 Å². The number of hydrogen-bond acceptors (Lipinski definition) is 2. The Morgan fingerprint density at radius 2 is 0.738 bits per heavy atom. The molecule has 5 nitrogen and oxygen atoms in total. The van der Waals surface area contributed by atoms with Crippen LogP contribution in [0, 0.1) is 0 Å². The summed E-state index contributed by atoms with van der Waals surface area (Å²) in [5, 5.41) is 0. The third-order valence-corrected chi connectivity index (χ3v) is 7.76. The molecular formula is C36H61O5P. The molecular weight excluding hydrogens is 543 g/mol. The largest absolute Gasteiger partial charge is 0.466 e. The fourth-order valence-electron chi connectivity index (χ4n) is 5.34. The van der Waals surface area contributed by atoms with Gasteiger partial charge >= 0.3 is 7.82 Å². The van der Waals surface area contributed by atoms with E-state index in [1.165, 1.54) is 140 Å². The van der Waals surface area contributed by atoms with Gasteiger partial charge in [-0.15, -0.1) is 0 Å². The minimum Gasteiger partial charge on any atom is -0.457 e. The molecule has 0 atom stereocenters. The average Bonchev–Trinajstić information content (AvgIpc) is 2.96. The molecule has 3 N–H and O–H groups in total. The van der Waals surface area contributed by atoms with Gasteiger partial charge in [0.05, 0.1) is 0 Å². The molecule has 0 aliphatic carbocycles. The Kier molecular flexibility index (Phi) is 23.6. The van der Waals surface area contributed by atoms with Crippen molar-refractivity contribution in [2.24, 2.45) is 0 Å². The summed E-state index contributed by atoms with van der Waals surface area (Å²) in [6, 6.07) is 17.4. The number of benzene rings is 2. The lowest BCUT2D eigenvalue weighted by molar-refractivity contribution is 0.275. The van der Waals surface area contributed by atoms with Gasteiger partial charge in [0, 0.05) is 0 Å². The predicted octanol–water partition coefficient (Wildman–Crippen LogP) is 11.5. The van der Waals surface area contributed by atoms with E-state index in [1.54, 1.807) is 0 Å². The molecule has 0 aromatic heterocycles. The van der Waals surface area contributed by atoms with E-state index in [1.807, 2.05) is 0 Å². The SMILES string of the molecule is CCCCCCCCCCCCc1ccccc1Oc1ccccc1CCCCCCCCCCCC.O=P(O)(O)O. The van der Waals surface area contributed by atoms with E-state index < -0.39 is 7.82 Å². The summed E-state index contributed by atoms with van der Waals surface area (Å²) < 4.78 is 15.4. The number of rotatable bonds is 24. The topological polar surface area (TPSA) is 87.0 Å². The minimum atomic E-state index is -4.64. The summed E-state index contributed by atoms with van der Waals surface area (Å²) in [7, 11) is -4.64. The van der Waals surface area contributed by atoms with Crippen LogP contribution in [0.15, 0.2) is 48.5 Å². The molecule has 0 bridgehead atoms. The number of phosphoric acid groups is 1. The van der Waals surface area contributed by atoms with E-state index in [0.717, 1.165) is 24.3 Å². The van der Waals surface area contributed by atoms with Gasteiger partial charge in [-0.25, -0.2) is 4.57 Å². The zero-order valence-electron chi connectivity index (χ0n) is 26.8. The molecule has 0 aliphatic rings. The Balaban J connectivity index is 0.00000162. The van der Waals surface area contributed by atoms with Crippen LogP contribution >= 0.6 is 7.82 Å². The van der Waals surface area contributed by atoms with Gasteiger partial charge in [-0.2, -0.15) is 0 Å². The first kappa shape index (κ1) is 38.4. The van der Waals surface area contributed by atoms with Gasteiger partial charge < -0.3 is 19.4 Å². The molecule has 2 aromatic rings. The first-order chi connectivity index (χ1) is 20.3. The van der Waals surface area contributed by atoms with E-state index in [-0.39, 0.29) is 0 Å². The van der Waals surface area contributed by atoms with Crippen molar-refractivity contribution in [1.82, 2.24) is 0 Å². The molecule has 2 aromatic carbocycles. The summed E-state index contributed by atoms with van der Waals surface area (Å²) in [6.45, 7) is 4.59. The standard InChI is InChI=1S/C36H58O.H3O4P/c1-3-5-7-9-11-13-15-17-19-21-27-33-29-23-25-31-35(33)37-36-32-26-24-30-34(36)28-22-20-18-16-14-12-10-8-6-4-2;1-5(2,3)4/h23-26,29-32H,3-22,27-28H2,1-2H3;(H3,1,2,3,4). The number of ether oxygens (including phenoxy) is 1. The normalized spacial score (nSPS) is 11.3. The number of hydrogen-bond donors (Lipinski definition) is 3. The van der Waals surface area contributed by atoms with Crippen molar-refractivity contribution in [3.8, 4) is 11.5 Å². The van der Waals surface area contributed by atoms with Gasteiger partial charge in [-0.3, -0.25) is 0 Å². The van der Waals surface area contributed by atoms with E-state index in [0.29, 0.717) is 0 Å². The molecule has 0 unspecified atom stereocenters.